The predicted molar refractivity (Wildman–Crippen MR) is 95.2 cm³/mol. The topological polar surface area (TPSA) is 33.2 Å². The fourth-order valence-corrected chi connectivity index (χ4v) is 4.09. The quantitative estimate of drug-likeness (QED) is 0.640. The predicted octanol–water partition coefficient (Wildman–Crippen LogP) is 4.70. The van der Waals surface area contributed by atoms with Crippen LogP contribution < -0.4 is 4.90 Å². The highest BCUT2D eigenvalue weighted by atomic mass is 35.5. The number of aromatic nitrogens is 1. The molecule has 3 nitrogen and oxygen atoms in total. The molecule has 0 atom stereocenters. The first kappa shape index (κ1) is 15.3. The third-order valence-electron chi connectivity index (χ3n) is 3.17. The third kappa shape index (κ3) is 3.43. The van der Waals surface area contributed by atoms with Crippen LogP contribution in [0.3, 0.4) is 0 Å². The molecule has 0 aliphatic carbocycles. The summed E-state index contributed by atoms with van der Waals surface area (Å²) < 4.78 is 1.96. The molecule has 0 radical (unpaired) electrons. The molecule has 0 aliphatic rings. The zero-order valence-electron chi connectivity index (χ0n) is 11.8. The van der Waals surface area contributed by atoms with Gasteiger partial charge in [0, 0.05) is 17.8 Å². The third-order valence-corrected chi connectivity index (χ3v) is 5.57. The number of fused-ring (bicyclic) bond motifs is 1. The molecule has 0 spiro atoms. The van der Waals surface area contributed by atoms with Crippen LogP contribution in [0, 0.1) is 0 Å². The van der Waals surface area contributed by atoms with E-state index in [2.05, 4.69) is 4.98 Å². The molecular formula is C16H13ClN2OS2. The summed E-state index contributed by atoms with van der Waals surface area (Å²) in [6, 6.07) is 15.3. The molecule has 0 saturated carbocycles. The zero-order chi connectivity index (χ0) is 15.5. The van der Waals surface area contributed by atoms with E-state index < -0.39 is 0 Å². The van der Waals surface area contributed by atoms with E-state index in [0.29, 0.717) is 10.8 Å². The zero-order valence-corrected chi connectivity index (χ0v) is 14.2. The van der Waals surface area contributed by atoms with Gasteiger partial charge >= 0.3 is 0 Å². The van der Waals surface area contributed by atoms with E-state index in [1.807, 2.05) is 48.5 Å². The second kappa shape index (κ2) is 6.69. The summed E-state index contributed by atoms with van der Waals surface area (Å²) in [4.78, 5) is 18.4. The molecule has 1 aromatic heterocycles. The van der Waals surface area contributed by atoms with Gasteiger partial charge in [0.2, 0.25) is 5.91 Å². The van der Waals surface area contributed by atoms with Crippen molar-refractivity contribution < 1.29 is 4.79 Å². The molecule has 1 amide bonds. The highest BCUT2D eigenvalue weighted by Gasteiger charge is 2.13. The number of amides is 1. The maximum Gasteiger partial charge on any atom is 0.237 e. The summed E-state index contributed by atoms with van der Waals surface area (Å²) in [5.41, 5.74) is 1.77. The van der Waals surface area contributed by atoms with Crippen LogP contribution in [0.25, 0.3) is 10.2 Å². The Hall–Kier alpha value is -1.56. The van der Waals surface area contributed by atoms with Crippen LogP contribution in [-0.2, 0) is 4.79 Å². The Morgan fingerprint density at radius 3 is 2.82 bits per heavy atom. The summed E-state index contributed by atoms with van der Waals surface area (Å²) in [7, 11) is 1.79. The van der Waals surface area contributed by atoms with E-state index >= 15 is 0 Å². The largest absolute Gasteiger partial charge is 0.315 e. The summed E-state index contributed by atoms with van der Waals surface area (Å²) in [6.45, 7) is 0. The first-order chi connectivity index (χ1) is 10.6. The normalized spacial score (nSPS) is 10.8. The van der Waals surface area contributed by atoms with Crippen molar-refractivity contribution in [1.82, 2.24) is 4.98 Å². The van der Waals surface area contributed by atoms with Gasteiger partial charge in [-0.3, -0.25) is 4.79 Å². The van der Waals surface area contributed by atoms with E-state index in [1.54, 1.807) is 23.3 Å². The molecule has 2 aromatic carbocycles. The van der Waals surface area contributed by atoms with Crippen molar-refractivity contribution in [3.8, 4) is 0 Å². The lowest BCUT2D eigenvalue weighted by molar-refractivity contribution is -0.115. The fourth-order valence-electron chi connectivity index (χ4n) is 1.96. The van der Waals surface area contributed by atoms with Crippen molar-refractivity contribution in [3.63, 3.8) is 0 Å². The average Bonchev–Trinajstić information content (AvgIpc) is 2.94. The van der Waals surface area contributed by atoms with Gasteiger partial charge < -0.3 is 4.90 Å². The lowest BCUT2D eigenvalue weighted by Crippen LogP contribution is -2.27. The van der Waals surface area contributed by atoms with Crippen LogP contribution in [0.4, 0.5) is 5.69 Å². The van der Waals surface area contributed by atoms with Gasteiger partial charge in [-0.05, 0) is 30.3 Å². The van der Waals surface area contributed by atoms with Gasteiger partial charge in [-0.15, -0.1) is 11.3 Å². The summed E-state index contributed by atoms with van der Waals surface area (Å²) in [5, 5.41) is 0.675. The van der Waals surface area contributed by atoms with Crippen molar-refractivity contribution in [3.05, 3.63) is 53.6 Å². The first-order valence-electron chi connectivity index (χ1n) is 6.64. The SMILES string of the molecule is CN(C(=O)CSc1nc2cc(Cl)ccc2s1)c1ccccc1. The molecule has 0 unspecified atom stereocenters. The van der Waals surface area contributed by atoms with Crippen LogP contribution in [0.2, 0.25) is 5.02 Å². The Bertz CT molecular complexity index is 804. The Balaban J connectivity index is 1.67. The lowest BCUT2D eigenvalue weighted by atomic mass is 10.3. The molecule has 0 fully saturated rings. The molecule has 0 aliphatic heterocycles. The summed E-state index contributed by atoms with van der Waals surface area (Å²) in [5.74, 6) is 0.410. The number of rotatable bonds is 4. The Labute approximate surface area is 141 Å². The number of hydrogen-bond donors (Lipinski definition) is 0. The lowest BCUT2D eigenvalue weighted by Gasteiger charge is -2.16. The van der Waals surface area contributed by atoms with E-state index in [9.17, 15) is 4.79 Å². The number of carbonyl (C=O) groups is 1. The number of halogens is 1. The molecule has 0 saturated heterocycles. The molecule has 0 N–H and O–H groups in total. The monoisotopic (exact) mass is 348 g/mol. The standard InChI is InChI=1S/C16H13ClN2OS2/c1-19(12-5-3-2-4-6-12)15(20)10-21-16-18-13-9-11(17)7-8-14(13)22-16/h2-9H,10H2,1H3. The van der Waals surface area contributed by atoms with Gasteiger partial charge in [-0.25, -0.2) is 4.98 Å². The number of thioether (sulfide) groups is 1. The van der Waals surface area contributed by atoms with Crippen LogP contribution in [-0.4, -0.2) is 23.7 Å². The number of thiazole rings is 1. The van der Waals surface area contributed by atoms with E-state index in [0.717, 1.165) is 20.2 Å². The molecule has 112 valence electrons. The molecular weight excluding hydrogens is 336 g/mol. The van der Waals surface area contributed by atoms with Crippen LogP contribution in [0.1, 0.15) is 0 Å². The molecule has 22 heavy (non-hydrogen) atoms. The molecule has 1 heterocycles. The minimum absolute atomic E-state index is 0.0495. The van der Waals surface area contributed by atoms with Gasteiger partial charge in [-0.1, -0.05) is 41.6 Å². The van der Waals surface area contributed by atoms with Crippen LogP contribution in [0.5, 0.6) is 0 Å². The number of hydrogen-bond acceptors (Lipinski definition) is 4. The maximum absolute atomic E-state index is 12.2. The van der Waals surface area contributed by atoms with Crippen LogP contribution in [0.15, 0.2) is 52.9 Å². The minimum Gasteiger partial charge on any atom is -0.315 e. The van der Waals surface area contributed by atoms with Crippen molar-refractivity contribution in [1.29, 1.82) is 0 Å². The smallest absolute Gasteiger partial charge is 0.237 e. The number of para-hydroxylation sites is 1. The van der Waals surface area contributed by atoms with E-state index in [1.165, 1.54) is 11.8 Å². The van der Waals surface area contributed by atoms with Crippen molar-refractivity contribution in [2.75, 3.05) is 17.7 Å². The Morgan fingerprint density at radius 2 is 2.05 bits per heavy atom. The van der Waals surface area contributed by atoms with Gasteiger partial charge in [0.1, 0.15) is 0 Å². The van der Waals surface area contributed by atoms with Crippen molar-refractivity contribution in [2.24, 2.45) is 0 Å². The van der Waals surface area contributed by atoms with Crippen molar-refractivity contribution >= 4 is 56.5 Å². The van der Waals surface area contributed by atoms with Gasteiger partial charge in [-0.2, -0.15) is 0 Å². The van der Waals surface area contributed by atoms with Crippen LogP contribution >= 0.6 is 34.7 Å². The average molecular weight is 349 g/mol. The maximum atomic E-state index is 12.2. The molecule has 3 aromatic rings. The Kier molecular flexibility index (Phi) is 4.66. The second-order valence-electron chi connectivity index (χ2n) is 4.67. The minimum atomic E-state index is 0.0495. The highest BCUT2D eigenvalue weighted by molar-refractivity contribution is 8.01. The van der Waals surface area contributed by atoms with Gasteiger partial charge in [0.05, 0.1) is 16.0 Å². The summed E-state index contributed by atoms with van der Waals surface area (Å²) >= 11 is 9.00. The van der Waals surface area contributed by atoms with Gasteiger partial charge in [0.25, 0.3) is 0 Å². The molecule has 3 rings (SSSR count). The Morgan fingerprint density at radius 1 is 1.27 bits per heavy atom. The van der Waals surface area contributed by atoms with E-state index in [-0.39, 0.29) is 5.91 Å². The van der Waals surface area contributed by atoms with E-state index in [4.69, 9.17) is 11.6 Å². The number of nitrogens with zero attached hydrogens (tertiary/aromatic N) is 2. The summed E-state index contributed by atoms with van der Waals surface area (Å²) in [6.07, 6.45) is 0. The number of benzene rings is 2. The molecule has 6 heteroatoms. The fraction of sp³-hybridized carbons (Fsp3) is 0.125. The molecule has 0 bridgehead atoms. The highest BCUT2D eigenvalue weighted by Crippen LogP contribution is 2.31. The first-order valence-corrected chi connectivity index (χ1v) is 8.82. The van der Waals surface area contributed by atoms with Crippen molar-refractivity contribution in [2.45, 2.75) is 4.34 Å². The number of carbonyl (C=O) groups excluding carboxylic acids is 1. The number of anilines is 1. The van der Waals surface area contributed by atoms with Gasteiger partial charge in [0.15, 0.2) is 4.34 Å². The second-order valence-corrected chi connectivity index (χ2v) is 7.36.